The molecule has 3 fully saturated rings. The van der Waals surface area contributed by atoms with Crippen molar-refractivity contribution in [2.75, 3.05) is 25.1 Å². The van der Waals surface area contributed by atoms with Crippen LogP contribution in [0.1, 0.15) is 25.7 Å². The first-order valence-corrected chi connectivity index (χ1v) is 10.6. The van der Waals surface area contributed by atoms with E-state index in [1.54, 1.807) is 13.4 Å². The van der Waals surface area contributed by atoms with Crippen LogP contribution in [-0.4, -0.2) is 62.7 Å². The second kappa shape index (κ2) is 6.68. The molecule has 8 nitrogen and oxygen atoms in total. The van der Waals surface area contributed by atoms with Gasteiger partial charge in [0.15, 0.2) is 5.82 Å². The van der Waals surface area contributed by atoms with Gasteiger partial charge in [-0.05, 0) is 37.8 Å². The number of fused-ring (bicyclic) bond motifs is 3. The number of anilines is 1. The van der Waals surface area contributed by atoms with E-state index >= 15 is 0 Å². The van der Waals surface area contributed by atoms with Crippen molar-refractivity contribution in [3.8, 4) is 17.0 Å². The molecule has 1 amide bonds. The average molecular weight is 404 g/mol. The van der Waals surface area contributed by atoms with E-state index in [2.05, 4.69) is 30.9 Å². The van der Waals surface area contributed by atoms with Gasteiger partial charge in [-0.15, -0.1) is 0 Å². The van der Waals surface area contributed by atoms with Crippen LogP contribution in [0.25, 0.3) is 16.6 Å². The van der Waals surface area contributed by atoms with Crippen molar-refractivity contribution in [3.05, 3.63) is 36.9 Å². The number of piperazine rings is 1. The standard InChI is InChI=1S/C22H24N6O2/c1-30-20-7-4-15(9-23-20)16-8-19-21(24-13-25-27(19)10-16)26-11-17-5-6-18(12-26)28(17)22(29)14-2-3-14/h4,7-10,13-14,17-18H,2-3,5-6,11-12H2,1H3. The van der Waals surface area contributed by atoms with E-state index in [0.29, 0.717) is 23.9 Å². The third-order valence-corrected chi connectivity index (χ3v) is 6.63. The SMILES string of the molecule is COc1ccc(-c2cc3c(N4CC5CCC(C4)N5C(=O)C4CC4)ncnn3c2)cn1. The van der Waals surface area contributed by atoms with Crippen molar-refractivity contribution in [3.63, 3.8) is 0 Å². The van der Waals surface area contributed by atoms with Crippen LogP contribution in [0.5, 0.6) is 5.88 Å². The minimum absolute atomic E-state index is 0.289. The minimum atomic E-state index is 0.289. The van der Waals surface area contributed by atoms with Crippen LogP contribution in [0, 0.1) is 5.92 Å². The normalized spacial score (nSPS) is 23.2. The van der Waals surface area contributed by atoms with Crippen molar-refractivity contribution in [2.45, 2.75) is 37.8 Å². The van der Waals surface area contributed by atoms with Gasteiger partial charge in [0.25, 0.3) is 0 Å². The molecule has 3 aromatic rings. The lowest BCUT2D eigenvalue weighted by atomic mass is 10.1. The van der Waals surface area contributed by atoms with Crippen LogP contribution in [0.3, 0.4) is 0 Å². The van der Waals surface area contributed by atoms with E-state index in [1.807, 2.05) is 29.0 Å². The topological polar surface area (TPSA) is 75.9 Å². The van der Waals surface area contributed by atoms with Gasteiger partial charge < -0.3 is 14.5 Å². The number of ether oxygens (including phenoxy) is 1. The molecule has 5 heterocycles. The third kappa shape index (κ3) is 2.81. The van der Waals surface area contributed by atoms with Gasteiger partial charge in [-0.3, -0.25) is 4.79 Å². The van der Waals surface area contributed by atoms with Crippen molar-refractivity contribution < 1.29 is 9.53 Å². The number of hydrogen-bond donors (Lipinski definition) is 0. The Morgan fingerprint density at radius 3 is 2.53 bits per heavy atom. The highest BCUT2D eigenvalue weighted by Crippen LogP contribution is 2.39. The summed E-state index contributed by atoms with van der Waals surface area (Å²) in [4.78, 5) is 26.2. The summed E-state index contributed by atoms with van der Waals surface area (Å²) in [5.41, 5.74) is 3.02. The zero-order valence-electron chi connectivity index (χ0n) is 16.9. The molecule has 0 N–H and O–H groups in total. The summed E-state index contributed by atoms with van der Waals surface area (Å²) < 4.78 is 7.04. The van der Waals surface area contributed by atoms with E-state index in [4.69, 9.17) is 4.74 Å². The molecule has 2 atom stereocenters. The first kappa shape index (κ1) is 17.7. The predicted octanol–water partition coefficient (Wildman–Crippen LogP) is 2.39. The van der Waals surface area contributed by atoms with Crippen LogP contribution in [-0.2, 0) is 4.79 Å². The van der Waals surface area contributed by atoms with Crippen molar-refractivity contribution >= 4 is 17.2 Å². The molecule has 2 aliphatic heterocycles. The van der Waals surface area contributed by atoms with E-state index < -0.39 is 0 Å². The molecule has 30 heavy (non-hydrogen) atoms. The zero-order chi connectivity index (χ0) is 20.2. The van der Waals surface area contributed by atoms with Crippen molar-refractivity contribution in [1.82, 2.24) is 24.5 Å². The van der Waals surface area contributed by atoms with Gasteiger partial charge >= 0.3 is 0 Å². The molecule has 3 aliphatic rings. The number of carbonyl (C=O) groups excluding carboxylic acids is 1. The number of hydrogen-bond acceptors (Lipinski definition) is 6. The molecule has 1 aliphatic carbocycles. The Hall–Kier alpha value is -3.16. The second-order valence-corrected chi connectivity index (χ2v) is 8.54. The molecular formula is C22H24N6O2. The highest BCUT2D eigenvalue weighted by Gasteiger charge is 2.46. The fourth-order valence-electron chi connectivity index (χ4n) is 4.97. The molecular weight excluding hydrogens is 380 g/mol. The van der Waals surface area contributed by atoms with E-state index in [9.17, 15) is 4.79 Å². The molecule has 8 heteroatoms. The molecule has 2 bridgehead atoms. The summed E-state index contributed by atoms with van der Waals surface area (Å²) in [6, 6.07) is 6.57. The van der Waals surface area contributed by atoms with Gasteiger partial charge in [0.05, 0.1) is 7.11 Å². The average Bonchev–Trinajstić information content (AvgIpc) is 3.48. The highest BCUT2D eigenvalue weighted by atomic mass is 16.5. The third-order valence-electron chi connectivity index (χ3n) is 6.63. The molecule has 0 spiro atoms. The maximum absolute atomic E-state index is 12.7. The van der Waals surface area contributed by atoms with E-state index in [1.165, 1.54) is 0 Å². The van der Waals surface area contributed by atoms with E-state index in [0.717, 1.165) is 61.2 Å². The Bertz CT molecular complexity index is 1090. The molecule has 2 unspecified atom stereocenters. The van der Waals surface area contributed by atoms with E-state index in [-0.39, 0.29) is 5.92 Å². The number of aromatic nitrogens is 4. The molecule has 0 radical (unpaired) electrons. The number of nitrogens with zero attached hydrogens (tertiary/aromatic N) is 6. The van der Waals surface area contributed by atoms with Gasteiger partial charge in [0.2, 0.25) is 11.8 Å². The van der Waals surface area contributed by atoms with Gasteiger partial charge in [-0.2, -0.15) is 5.10 Å². The Balaban J connectivity index is 1.31. The lowest BCUT2D eigenvalue weighted by Crippen LogP contribution is -2.56. The van der Waals surface area contributed by atoms with Crippen LogP contribution in [0.4, 0.5) is 5.82 Å². The number of carbonyl (C=O) groups is 1. The Labute approximate surface area is 174 Å². The summed E-state index contributed by atoms with van der Waals surface area (Å²) >= 11 is 0. The molecule has 1 saturated carbocycles. The summed E-state index contributed by atoms with van der Waals surface area (Å²) in [6.45, 7) is 1.68. The second-order valence-electron chi connectivity index (χ2n) is 8.54. The number of pyridine rings is 1. The van der Waals surface area contributed by atoms with Gasteiger partial charge in [-0.1, -0.05) is 0 Å². The summed E-state index contributed by atoms with van der Waals surface area (Å²) in [7, 11) is 1.61. The first-order chi connectivity index (χ1) is 14.7. The van der Waals surface area contributed by atoms with Crippen LogP contribution < -0.4 is 9.64 Å². The number of rotatable bonds is 4. The molecule has 6 rings (SSSR count). The predicted molar refractivity (Wildman–Crippen MR) is 111 cm³/mol. The van der Waals surface area contributed by atoms with Crippen molar-refractivity contribution in [2.24, 2.45) is 5.92 Å². The summed E-state index contributed by atoms with van der Waals surface area (Å²) in [6.07, 6.45) is 9.74. The largest absolute Gasteiger partial charge is 0.481 e. The number of methoxy groups -OCH3 is 1. The van der Waals surface area contributed by atoms with Crippen molar-refractivity contribution in [1.29, 1.82) is 0 Å². The van der Waals surface area contributed by atoms with Crippen LogP contribution in [0.2, 0.25) is 0 Å². The fraction of sp³-hybridized carbons (Fsp3) is 0.455. The Morgan fingerprint density at radius 2 is 1.87 bits per heavy atom. The van der Waals surface area contributed by atoms with Crippen LogP contribution in [0.15, 0.2) is 36.9 Å². The quantitative estimate of drug-likeness (QED) is 0.665. The lowest BCUT2D eigenvalue weighted by Gasteiger charge is -2.41. The smallest absolute Gasteiger partial charge is 0.226 e. The molecule has 154 valence electrons. The minimum Gasteiger partial charge on any atom is -0.481 e. The van der Waals surface area contributed by atoms with Crippen LogP contribution >= 0.6 is 0 Å². The fourth-order valence-corrected chi connectivity index (χ4v) is 4.97. The highest BCUT2D eigenvalue weighted by molar-refractivity contribution is 5.83. The molecule has 2 saturated heterocycles. The van der Waals surface area contributed by atoms with Gasteiger partial charge in [0, 0.05) is 60.7 Å². The molecule has 3 aromatic heterocycles. The Morgan fingerprint density at radius 1 is 1.07 bits per heavy atom. The zero-order valence-corrected chi connectivity index (χ0v) is 16.9. The molecule has 0 aromatic carbocycles. The maximum atomic E-state index is 12.7. The lowest BCUT2D eigenvalue weighted by molar-refractivity contribution is -0.135. The number of amides is 1. The Kier molecular flexibility index (Phi) is 3.94. The van der Waals surface area contributed by atoms with Gasteiger partial charge in [-0.25, -0.2) is 14.5 Å². The first-order valence-electron chi connectivity index (χ1n) is 10.6. The summed E-state index contributed by atoms with van der Waals surface area (Å²) in [5, 5.41) is 4.41. The summed E-state index contributed by atoms with van der Waals surface area (Å²) in [5.74, 6) is 2.20. The monoisotopic (exact) mass is 404 g/mol. The van der Waals surface area contributed by atoms with Gasteiger partial charge in [0.1, 0.15) is 11.8 Å². The maximum Gasteiger partial charge on any atom is 0.226 e.